The van der Waals surface area contributed by atoms with E-state index < -0.39 is 6.29 Å². The van der Waals surface area contributed by atoms with Gasteiger partial charge in [0.1, 0.15) is 0 Å². The van der Waals surface area contributed by atoms with Gasteiger partial charge in [0.2, 0.25) is 11.8 Å². The summed E-state index contributed by atoms with van der Waals surface area (Å²) in [5, 5.41) is 30.2. The number of carbonyl (C=O) groups excluding carboxylic acids is 2. The van der Waals surface area contributed by atoms with Crippen LogP contribution in [-0.4, -0.2) is 51.5 Å². The first kappa shape index (κ1) is 34.6. The highest BCUT2D eigenvalue weighted by Gasteiger charge is 2.32. The number of aliphatic hydroxyl groups is 2. The Hall–Kier alpha value is -3.25. The highest BCUT2D eigenvalue weighted by molar-refractivity contribution is 7.99. The van der Waals surface area contributed by atoms with Crippen LogP contribution < -0.4 is 10.8 Å². The average molecular weight is 637 g/mol. The molecule has 3 aromatic carbocycles. The summed E-state index contributed by atoms with van der Waals surface area (Å²) < 4.78 is 12.9. The van der Waals surface area contributed by atoms with E-state index >= 15 is 0 Å². The van der Waals surface area contributed by atoms with Crippen molar-refractivity contribution >= 4 is 23.6 Å². The zero-order chi connectivity index (χ0) is 31.9. The predicted molar refractivity (Wildman–Crippen MR) is 174 cm³/mol. The largest absolute Gasteiger partial charge is 0.396 e. The lowest BCUT2D eigenvalue weighted by molar-refractivity contribution is -0.245. The molecule has 45 heavy (non-hydrogen) atoms. The summed E-state index contributed by atoms with van der Waals surface area (Å²) in [6, 6.07) is 24.1. The van der Waals surface area contributed by atoms with Crippen molar-refractivity contribution in [1.29, 1.82) is 0 Å². The lowest BCUT2D eigenvalue weighted by atomic mass is 9.99. The Balaban J connectivity index is 1.37. The number of amides is 2. The van der Waals surface area contributed by atoms with Crippen molar-refractivity contribution in [2.45, 2.75) is 76.6 Å². The third-order valence-corrected chi connectivity index (χ3v) is 8.82. The molecule has 4 rings (SSSR count). The maximum absolute atomic E-state index is 12.4. The summed E-state index contributed by atoms with van der Waals surface area (Å²) in [4.78, 5) is 23.4. The van der Waals surface area contributed by atoms with E-state index in [4.69, 9.17) is 14.7 Å². The molecule has 0 saturated carbocycles. The highest BCUT2D eigenvalue weighted by atomic mass is 32.2. The number of ether oxygens (including phenoxy) is 2. The van der Waals surface area contributed by atoms with Crippen LogP contribution in [0.3, 0.4) is 0 Å². The number of hydroxylamine groups is 1. The molecule has 3 aromatic rings. The van der Waals surface area contributed by atoms with E-state index in [9.17, 15) is 19.8 Å². The van der Waals surface area contributed by atoms with Crippen molar-refractivity contribution in [3.63, 3.8) is 0 Å². The van der Waals surface area contributed by atoms with Gasteiger partial charge in [0.25, 0.3) is 0 Å². The van der Waals surface area contributed by atoms with Crippen LogP contribution in [0.5, 0.6) is 0 Å². The summed E-state index contributed by atoms with van der Waals surface area (Å²) >= 11 is 1.66. The molecular formula is C35H44N2O7S. The van der Waals surface area contributed by atoms with Gasteiger partial charge in [0.15, 0.2) is 6.29 Å². The van der Waals surface area contributed by atoms with E-state index in [0.29, 0.717) is 31.6 Å². The molecule has 3 atom stereocenters. The van der Waals surface area contributed by atoms with Crippen molar-refractivity contribution in [1.82, 2.24) is 10.8 Å². The topological polar surface area (TPSA) is 137 Å². The summed E-state index contributed by atoms with van der Waals surface area (Å²) in [6.45, 7) is 0.555. The Morgan fingerprint density at radius 2 is 1.51 bits per heavy atom. The van der Waals surface area contributed by atoms with Crippen LogP contribution in [0.1, 0.15) is 79.6 Å². The van der Waals surface area contributed by atoms with Crippen molar-refractivity contribution in [3.05, 3.63) is 95.1 Å². The number of carbonyl (C=O) groups is 2. The van der Waals surface area contributed by atoms with Crippen molar-refractivity contribution in [2.24, 2.45) is 0 Å². The molecule has 10 heteroatoms. The smallest absolute Gasteiger partial charge is 0.243 e. The molecule has 0 aliphatic carbocycles. The van der Waals surface area contributed by atoms with Crippen LogP contribution in [0.4, 0.5) is 0 Å². The normalized spacial score (nSPS) is 18.0. The Kier molecular flexibility index (Phi) is 14.4. The first-order chi connectivity index (χ1) is 22.0. The standard InChI is InChI=1S/C35H44N2O7S/c38-17-18-45-24-31-21-32(27-15-13-25(23-39)14-16-27)44-35(43-31)30-10-6-9-29(20-30)28-8-5-7-26(19-28)22-36-33(40)11-3-1-2-4-12-34(41)37-42/h5-10,13-16,19-20,31-32,35,38-39,42H,1-4,11-12,17-18,21-24H2,(H,36,40)(H,37,41)/t31-,32+,35+/m0/s1. The molecule has 0 aromatic heterocycles. The maximum atomic E-state index is 12.4. The minimum absolute atomic E-state index is 0.00512. The predicted octanol–water partition coefficient (Wildman–Crippen LogP) is 5.58. The molecular weight excluding hydrogens is 592 g/mol. The van der Waals surface area contributed by atoms with Crippen LogP contribution in [-0.2, 0) is 32.2 Å². The number of rotatable bonds is 17. The summed E-state index contributed by atoms with van der Waals surface area (Å²) in [5.74, 6) is 1.02. The zero-order valence-corrected chi connectivity index (χ0v) is 26.3. The molecule has 242 valence electrons. The van der Waals surface area contributed by atoms with Gasteiger partial charge >= 0.3 is 0 Å². The molecule has 1 saturated heterocycles. The van der Waals surface area contributed by atoms with Gasteiger partial charge in [0, 0.05) is 42.9 Å². The second-order valence-electron chi connectivity index (χ2n) is 11.2. The second-order valence-corrected chi connectivity index (χ2v) is 12.4. The fourth-order valence-electron chi connectivity index (χ4n) is 5.30. The van der Waals surface area contributed by atoms with Crippen LogP contribution in [0, 0.1) is 0 Å². The van der Waals surface area contributed by atoms with Crippen molar-refractivity contribution < 1.29 is 34.5 Å². The van der Waals surface area contributed by atoms with Crippen LogP contribution in [0.15, 0.2) is 72.8 Å². The van der Waals surface area contributed by atoms with Gasteiger partial charge in [-0.1, -0.05) is 73.5 Å². The van der Waals surface area contributed by atoms with Gasteiger partial charge < -0.3 is 25.0 Å². The summed E-state index contributed by atoms with van der Waals surface area (Å²) in [7, 11) is 0. The first-order valence-electron chi connectivity index (χ1n) is 15.6. The van der Waals surface area contributed by atoms with E-state index in [-0.39, 0.29) is 43.7 Å². The van der Waals surface area contributed by atoms with E-state index in [2.05, 4.69) is 17.4 Å². The minimum atomic E-state index is -0.560. The SMILES string of the molecule is O=C(CCCCCCC(=O)NCc1cccc(-c2cccc([C@@H]3O[C@H](CSCCO)C[C@H](c4ccc(CO)cc4)O3)c2)c1)NO. The number of hydrogen-bond donors (Lipinski definition) is 5. The number of unbranched alkanes of at least 4 members (excludes halogenated alkanes) is 3. The van der Waals surface area contributed by atoms with E-state index in [0.717, 1.165) is 58.4 Å². The fourth-order valence-corrected chi connectivity index (χ4v) is 6.07. The number of aliphatic hydroxyl groups excluding tert-OH is 2. The van der Waals surface area contributed by atoms with Crippen molar-refractivity contribution in [2.75, 3.05) is 18.1 Å². The zero-order valence-electron chi connectivity index (χ0n) is 25.5. The van der Waals surface area contributed by atoms with Crippen LogP contribution >= 0.6 is 11.8 Å². The molecule has 0 bridgehead atoms. The quantitative estimate of drug-likeness (QED) is 0.0736. The van der Waals surface area contributed by atoms with E-state index in [1.807, 2.05) is 60.7 Å². The second kappa shape index (κ2) is 18.7. The summed E-state index contributed by atoms with van der Waals surface area (Å²) in [5.41, 5.74) is 7.48. The monoisotopic (exact) mass is 636 g/mol. The van der Waals surface area contributed by atoms with Gasteiger partial charge in [-0.15, -0.1) is 0 Å². The van der Waals surface area contributed by atoms with E-state index in [1.165, 1.54) is 0 Å². The van der Waals surface area contributed by atoms with Gasteiger partial charge in [-0.05, 0) is 52.8 Å². The van der Waals surface area contributed by atoms with E-state index in [1.54, 1.807) is 17.2 Å². The number of hydrogen-bond acceptors (Lipinski definition) is 8. The van der Waals surface area contributed by atoms with Crippen molar-refractivity contribution in [3.8, 4) is 11.1 Å². The molecule has 1 aliphatic heterocycles. The molecule has 9 nitrogen and oxygen atoms in total. The first-order valence-corrected chi connectivity index (χ1v) is 16.7. The molecule has 2 amide bonds. The Morgan fingerprint density at radius 1 is 0.800 bits per heavy atom. The number of thioether (sulfide) groups is 1. The lowest BCUT2D eigenvalue weighted by Gasteiger charge is -2.36. The molecule has 0 unspecified atom stereocenters. The maximum Gasteiger partial charge on any atom is 0.243 e. The van der Waals surface area contributed by atoms with Gasteiger partial charge in [-0.3, -0.25) is 14.8 Å². The average Bonchev–Trinajstić information content (AvgIpc) is 3.09. The molecule has 0 spiro atoms. The molecule has 1 aliphatic rings. The van der Waals surface area contributed by atoms with Crippen LogP contribution in [0.2, 0.25) is 0 Å². The molecule has 0 radical (unpaired) electrons. The van der Waals surface area contributed by atoms with Gasteiger partial charge in [-0.25, -0.2) is 5.48 Å². The molecule has 5 N–H and O–H groups in total. The number of nitrogens with one attached hydrogen (secondary N) is 2. The molecule has 1 fully saturated rings. The molecule has 1 heterocycles. The van der Waals surface area contributed by atoms with Gasteiger partial charge in [-0.2, -0.15) is 11.8 Å². The third kappa shape index (κ3) is 11.2. The third-order valence-electron chi connectivity index (χ3n) is 7.75. The Morgan fingerprint density at radius 3 is 2.22 bits per heavy atom. The lowest BCUT2D eigenvalue weighted by Crippen LogP contribution is -2.31. The fraction of sp³-hybridized carbons (Fsp3) is 0.429. The van der Waals surface area contributed by atoms with Crippen LogP contribution in [0.25, 0.3) is 11.1 Å². The highest BCUT2D eigenvalue weighted by Crippen LogP contribution is 2.39. The Bertz CT molecular complexity index is 1350. The number of benzene rings is 3. The Labute approximate surface area is 269 Å². The minimum Gasteiger partial charge on any atom is -0.396 e. The van der Waals surface area contributed by atoms with Gasteiger partial charge in [0.05, 0.1) is 25.4 Å². The summed E-state index contributed by atoms with van der Waals surface area (Å²) in [6.07, 6.45) is 3.76.